The first-order valence-corrected chi connectivity index (χ1v) is 8.59. The lowest BCUT2D eigenvalue weighted by Crippen LogP contribution is -2.13. The van der Waals surface area contributed by atoms with Crippen molar-refractivity contribution in [1.82, 2.24) is 4.57 Å². The highest BCUT2D eigenvalue weighted by Crippen LogP contribution is 2.32. The predicted octanol–water partition coefficient (Wildman–Crippen LogP) is 3.16. The second-order valence-electron chi connectivity index (χ2n) is 5.60. The second-order valence-corrected chi connectivity index (χ2v) is 6.48. The Morgan fingerprint density at radius 3 is 2.74 bits per heavy atom. The van der Waals surface area contributed by atoms with Gasteiger partial charge in [-0.15, -0.1) is 11.3 Å². The third-order valence-corrected chi connectivity index (χ3v) is 4.81. The lowest BCUT2D eigenvalue weighted by atomic mass is 10.2. The van der Waals surface area contributed by atoms with Crippen LogP contribution in [0.25, 0.3) is 0 Å². The molecule has 0 aliphatic heterocycles. The number of aromatic nitrogens is 1. The van der Waals surface area contributed by atoms with Crippen molar-refractivity contribution in [2.75, 3.05) is 7.11 Å². The van der Waals surface area contributed by atoms with Crippen LogP contribution < -0.4 is 14.3 Å². The van der Waals surface area contributed by atoms with Gasteiger partial charge in [0.05, 0.1) is 13.2 Å². The summed E-state index contributed by atoms with van der Waals surface area (Å²) in [5, 5.41) is 1.89. The number of carbonyl (C=O) groups is 1. The molecule has 23 heavy (non-hydrogen) atoms. The lowest BCUT2D eigenvalue weighted by Gasteiger charge is -2.16. The fourth-order valence-electron chi connectivity index (χ4n) is 2.67. The van der Waals surface area contributed by atoms with Gasteiger partial charge in [-0.25, -0.2) is 0 Å². The van der Waals surface area contributed by atoms with Gasteiger partial charge in [-0.2, -0.15) is 4.99 Å². The molecular formula is C17H20N2O3S. The number of amides is 1. The third kappa shape index (κ3) is 3.64. The Hall–Kier alpha value is -2.08. The maximum absolute atomic E-state index is 12.3. The van der Waals surface area contributed by atoms with E-state index in [0.717, 1.165) is 12.8 Å². The quantitative estimate of drug-likeness (QED) is 0.864. The number of ether oxygens (including phenoxy) is 2. The van der Waals surface area contributed by atoms with Gasteiger partial charge in [-0.1, -0.05) is 0 Å². The largest absolute Gasteiger partial charge is 0.493 e. The molecule has 0 saturated heterocycles. The molecule has 1 fully saturated rings. The van der Waals surface area contributed by atoms with E-state index in [9.17, 15) is 4.79 Å². The minimum absolute atomic E-state index is 0.250. The smallest absolute Gasteiger partial charge is 0.279 e. The summed E-state index contributed by atoms with van der Waals surface area (Å²) in [6.07, 6.45) is 6.69. The first-order chi connectivity index (χ1) is 11.2. The molecule has 3 rings (SSSR count). The van der Waals surface area contributed by atoms with Crippen LogP contribution >= 0.6 is 11.3 Å². The van der Waals surface area contributed by atoms with Gasteiger partial charge in [-0.3, -0.25) is 4.79 Å². The average Bonchev–Trinajstić information content (AvgIpc) is 3.20. The van der Waals surface area contributed by atoms with Crippen molar-refractivity contribution < 1.29 is 14.3 Å². The highest BCUT2D eigenvalue weighted by molar-refractivity contribution is 7.07. The number of thiazole rings is 1. The molecule has 1 saturated carbocycles. The summed E-state index contributed by atoms with van der Waals surface area (Å²) in [4.78, 5) is 17.1. The Bertz CT molecular complexity index is 757. The molecule has 1 aliphatic carbocycles. The summed E-state index contributed by atoms with van der Waals surface area (Å²) < 4.78 is 13.2. The van der Waals surface area contributed by atoms with E-state index in [-0.39, 0.29) is 12.0 Å². The number of rotatable bonds is 4. The van der Waals surface area contributed by atoms with Crippen LogP contribution in [0.3, 0.4) is 0 Å². The Morgan fingerprint density at radius 1 is 1.30 bits per heavy atom. The molecule has 0 spiro atoms. The Morgan fingerprint density at radius 2 is 2.09 bits per heavy atom. The van der Waals surface area contributed by atoms with Gasteiger partial charge in [0.1, 0.15) is 0 Å². The van der Waals surface area contributed by atoms with E-state index in [4.69, 9.17) is 9.47 Å². The average molecular weight is 332 g/mol. The molecule has 0 radical (unpaired) electrons. The molecule has 122 valence electrons. The number of hydrogen-bond acceptors (Lipinski definition) is 4. The molecule has 2 aromatic rings. The number of carbonyl (C=O) groups excluding carboxylic acids is 1. The molecule has 1 aliphatic rings. The molecule has 1 heterocycles. The number of nitrogens with zero attached hydrogens (tertiary/aromatic N) is 2. The van der Waals surface area contributed by atoms with E-state index in [1.807, 2.05) is 23.2 Å². The first kappa shape index (κ1) is 15.8. The zero-order valence-electron chi connectivity index (χ0n) is 13.3. The van der Waals surface area contributed by atoms with Crippen LogP contribution in [0, 0.1) is 0 Å². The van der Waals surface area contributed by atoms with Gasteiger partial charge >= 0.3 is 0 Å². The van der Waals surface area contributed by atoms with Crippen LogP contribution in [-0.4, -0.2) is 23.7 Å². The second kappa shape index (κ2) is 7.00. The van der Waals surface area contributed by atoms with Crippen molar-refractivity contribution in [2.45, 2.75) is 31.8 Å². The van der Waals surface area contributed by atoms with Crippen LogP contribution in [0.4, 0.5) is 0 Å². The topological polar surface area (TPSA) is 52.8 Å². The highest BCUT2D eigenvalue weighted by Gasteiger charge is 2.19. The molecular weight excluding hydrogens is 312 g/mol. The molecule has 1 aromatic carbocycles. The molecule has 0 N–H and O–H groups in total. The van der Waals surface area contributed by atoms with Gasteiger partial charge in [0.25, 0.3) is 5.91 Å². The minimum atomic E-state index is -0.284. The minimum Gasteiger partial charge on any atom is -0.493 e. The monoisotopic (exact) mass is 332 g/mol. The van der Waals surface area contributed by atoms with E-state index >= 15 is 0 Å². The molecule has 0 bridgehead atoms. The third-order valence-electron chi connectivity index (χ3n) is 3.96. The Kier molecular flexibility index (Phi) is 4.81. The maximum Gasteiger partial charge on any atom is 0.279 e. The molecule has 5 nitrogen and oxygen atoms in total. The molecule has 0 atom stereocenters. The van der Waals surface area contributed by atoms with Crippen LogP contribution in [-0.2, 0) is 7.05 Å². The molecule has 1 amide bonds. The lowest BCUT2D eigenvalue weighted by molar-refractivity contribution is 0.0997. The van der Waals surface area contributed by atoms with Crippen molar-refractivity contribution >= 4 is 17.2 Å². The van der Waals surface area contributed by atoms with E-state index < -0.39 is 0 Å². The van der Waals surface area contributed by atoms with Gasteiger partial charge in [0.2, 0.25) is 0 Å². The zero-order chi connectivity index (χ0) is 16.2. The summed E-state index contributed by atoms with van der Waals surface area (Å²) in [5.74, 6) is 0.986. The van der Waals surface area contributed by atoms with Crippen molar-refractivity contribution in [3.05, 3.63) is 40.1 Å². The van der Waals surface area contributed by atoms with Crippen molar-refractivity contribution in [3.63, 3.8) is 0 Å². The van der Waals surface area contributed by atoms with Crippen LogP contribution in [0.5, 0.6) is 11.5 Å². The summed E-state index contributed by atoms with van der Waals surface area (Å²) in [5.41, 5.74) is 0.494. The standard InChI is InChI=1S/C17H20N2O3S/c1-19-9-10-23-17(19)18-16(20)12-7-8-14(15(11-12)21-2)22-13-5-3-4-6-13/h7-11,13H,3-6H2,1-2H3. The fraction of sp³-hybridized carbons (Fsp3) is 0.412. The van der Waals surface area contributed by atoms with Crippen molar-refractivity contribution in [2.24, 2.45) is 12.0 Å². The summed E-state index contributed by atoms with van der Waals surface area (Å²) in [7, 11) is 3.45. The Labute approximate surface area is 139 Å². The van der Waals surface area contributed by atoms with Gasteiger partial charge in [0, 0.05) is 24.2 Å². The van der Waals surface area contributed by atoms with Crippen LogP contribution in [0.1, 0.15) is 36.0 Å². The van der Waals surface area contributed by atoms with Gasteiger partial charge in [0.15, 0.2) is 16.3 Å². The predicted molar refractivity (Wildman–Crippen MR) is 89.1 cm³/mol. The van der Waals surface area contributed by atoms with E-state index in [2.05, 4.69) is 4.99 Å². The van der Waals surface area contributed by atoms with E-state index in [1.54, 1.807) is 25.3 Å². The summed E-state index contributed by atoms with van der Waals surface area (Å²) in [6.45, 7) is 0. The van der Waals surface area contributed by atoms with Gasteiger partial charge < -0.3 is 14.0 Å². The summed E-state index contributed by atoms with van der Waals surface area (Å²) >= 11 is 1.43. The maximum atomic E-state index is 12.3. The van der Waals surface area contributed by atoms with Crippen molar-refractivity contribution in [1.29, 1.82) is 0 Å². The number of benzene rings is 1. The number of methoxy groups -OCH3 is 1. The fourth-order valence-corrected chi connectivity index (χ4v) is 3.40. The number of hydrogen-bond donors (Lipinski definition) is 0. The summed E-state index contributed by atoms with van der Waals surface area (Å²) in [6, 6.07) is 5.24. The molecule has 1 aromatic heterocycles. The zero-order valence-corrected chi connectivity index (χ0v) is 14.1. The van der Waals surface area contributed by atoms with E-state index in [0.29, 0.717) is 21.9 Å². The SMILES string of the molecule is COc1cc(C(=O)N=c2sccn2C)ccc1OC1CCCC1. The normalized spacial score (nSPS) is 15.8. The molecule has 0 unspecified atom stereocenters. The van der Waals surface area contributed by atoms with Gasteiger partial charge in [-0.05, 0) is 43.9 Å². The molecule has 6 heteroatoms. The van der Waals surface area contributed by atoms with Crippen molar-refractivity contribution in [3.8, 4) is 11.5 Å². The van der Waals surface area contributed by atoms with Crippen LogP contribution in [0.15, 0.2) is 34.8 Å². The highest BCUT2D eigenvalue weighted by atomic mass is 32.1. The number of aryl methyl sites for hydroxylation is 1. The van der Waals surface area contributed by atoms with Crippen LogP contribution in [0.2, 0.25) is 0 Å². The van der Waals surface area contributed by atoms with E-state index in [1.165, 1.54) is 24.2 Å². The first-order valence-electron chi connectivity index (χ1n) is 7.71. The Balaban J connectivity index is 1.83.